The first-order chi connectivity index (χ1) is 9.33. The molecule has 1 unspecified atom stereocenters. The molecule has 0 aliphatic heterocycles. The van der Waals surface area contributed by atoms with Crippen molar-refractivity contribution in [2.45, 2.75) is 38.3 Å². The Balaban J connectivity index is 1.50. The molecule has 0 spiro atoms. The van der Waals surface area contributed by atoms with E-state index in [1.807, 2.05) is 0 Å². The lowest BCUT2D eigenvalue weighted by molar-refractivity contribution is 0.617. The van der Waals surface area contributed by atoms with Gasteiger partial charge in [-0.15, -0.1) is 0 Å². The van der Waals surface area contributed by atoms with Gasteiger partial charge in [0.15, 0.2) is 0 Å². The molecule has 1 aliphatic rings. The number of aryl methyl sites for hydroxylation is 2. The number of rotatable bonds is 6. The van der Waals surface area contributed by atoms with E-state index in [9.17, 15) is 0 Å². The summed E-state index contributed by atoms with van der Waals surface area (Å²) >= 11 is 0. The molecule has 3 rings (SSSR count). The van der Waals surface area contributed by atoms with Crippen molar-refractivity contribution in [3.8, 4) is 0 Å². The lowest BCUT2D eigenvalue weighted by Gasteiger charge is -2.07. The van der Waals surface area contributed by atoms with Crippen LogP contribution < -0.4 is 5.73 Å². The van der Waals surface area contributed by atoms with Crippen LogP contribution in [0, 0.1) is 5.92 Å². The molecule has 2 heteroatoms. The van der Waals surface area contributed by atoms with Crippen molar-refractivity contribution in [2.24, 2.45) is 11.7 Å². The second kappa shape index (κ2) is 5.62. The zero-order chi connectivity index (χ0) is 13.1. The lowest BCUT2D eigenvalue weighted by atomic mass is 10.1. The van der Waals surface area contributed by atoms with Crippen molar-refractivity contribution in [2.75, 3.05) is 0 Å². The van der Waals surface area contributed by atoms with Gasteiger partial charge < -0.3 is 10.3 Å². The molecule has 1 heterocycles. The third kappa shape index (κ3) is 3.27. The molecule has 0 radical (unpaired) electrons. The van der Waals surface area contributed by atoms with Gasteiger partial charge in [-0.1, -0.05) is 30.3 Å². The Morgan fingerprint density at radius 2 is 1.95 bits per heavy atom. The SMILES string of the molecule is NC(c1ccn(CCCc2ccccc2)c1)C1CC1. The normalized spacial score (nSPS) is 16.5. The van der Waals surface area contributed by atoms with Gasteiger partial charge in [-0.3, -0.25) is 0 Å². The molecule has 1 atom stereocenters. The average molecular weight is 254 g/mol. The maximum atomic E-state index is 6.22. The van der Waals surface area contributed by atoms with Crippen molar-refractivity contribution < 1.29 is 0 Å². The molecule has 0 bridgehead atoms. The van der Waals surface area contributed by atoms with Crippen LogP contribution in [0.2, 0.25) is 0 Å². The molecule has 0 saturated heterocycles. The van der Waals surface area contributed by atoms with Crippen LogP contribution in [0.3, 0.4) is 0 Å². The van der Waals surface area contributed by atoms with E-state index in [1.165, 1.54) is 30.4 Å². The lowest BCUT2D eigenvalue weighted by Crippen LogP contribution is -2.11. The summed E-state index contributed by atoms with van der Waals surface area (Å²) in [5.74, 6) is 0.736. The molecule has 1 aromatic heterocycles. The van der Waals surface area contributed by atoms with Gasteiger partial charge in [0.05, 0.1) is 0 Å². The van der Waals surface area contributed by atoms with Crippen molar-refractivity contribution in [1.29, 1.82) is 0 Å². The molecular weight excluding hydrogens is 232 g/mol. The number of nitrogens with two attached hydrogens (primary N) is 1. The minimum atomic E-state index is 0.260. The Labute approximate surface area is 115 Å². The fraction of sp³-hybridized carbons (Fsp3) is 0.412. The number of benzene rings is 1. The molecule has 1 aliphatic carbocycles. The van der Waals surface area contributed by atoms with Crippen molar-refractivity contribution in [3.05, 3.63) is 59.9 Å². The van der Waals surface area contributed by atoms with Crippen LogP contribution >= 0.6 is 0 Å². The maximum Gasteiger partial charge on any atom is 0.0338 e. The molecule has 2 nitrogen and oxygen atoms in total. The summed E-state index contributed by atoms with van der Waals surface area (Å²) in [5.41, 5.74) is 8.95. The molecule has 1 aromatic carbocycles. The number of aromatic nitrogens is 1. The van der Waals surface area contributed by atoms with Gasteiger partial charge in [-0.25, -0.2) is 0 Å². The van der Waals surface area contributed by atoms with E-state index >= 15 is 0 Å². The largest absolute Gasteiger partial charge is 0.354 e. The molecule has 2 aromatic rings. The molecule has 100 valence electrons. The van der Waals surface area contributed by atoms with Gasteiger partial charge in [-0.05, 0) is 48.8 Å². The van der Waals surface area contributed by atoms with Crippen molar-refractivity contribution in [3.63, 3.8) is 0 Å². The van der Waals surface area contributed by atoms with Crippen LogP contribution in [0.25, 0.3) is 0 Å². The van der Waals surface area contributed by atoms with Crippen LogP contribution in [0.15, 0.2) is 48.8 Å². The topological polar surface area (TPSA) is 30.9 Å². The van der Waals surface area contributed by atoms with Gasteiger partial charge in [0.25, 0.3) is 0 Å². The first-order valence-corrected chi connectivity index (χ1v) is 7.28. The Bertz CT molecular complexity index is 511. The maximum absolute atomic E-state index is 6.22. The zero-order valence-electron chi connectivity index (χ0n) is 11.3. The molecule has 1 fully saturated rings. The Kier molecular flexibility index (Phi) is 3.69. The third-order valence-corrected chi connectivity index (χ3v) is 4.01. The highest BCUT2D eigenvalue weighted by molar-refractivity contribution is 5.18. The molecule has 0 amide bonds. The summed E-state index contributed by atoms with van der Waals surface area (Å²) in [7, 11) is 0. The highest BCUT2D eigenvalue weighted by atomic mass is 14.9. The first-order valence-electron chi connectivity index (χ1n) is 7.28. The quantitative estimate of drug-likeness (QED) is 0.840. The van der Waals surface area contributed by atoms with E-state index in [4.69, 9.17) is 5.73 Å². The molecule has 1 saturated carbocycles. The van der Waals surface area contributed by atoms with E-state index in [0.717, 1.165) is 18.9 Å². The monoisotopic (exact) mass is 254 g/mol. The van der Waals surface area contributed by atoms with E-state index in [1.54, 1.807) is 0 Å². The third-order valence-electron chi connectivity index (χ3n) is 4.01. The molecular formula is C17H22N2. The summed E-state index contributed by atoms with van der Waals surface area (Å²) < 4.78 is 2.28. The summed E-state index contributed by atoms with van der Waals surface area (Å²) in [6.07, 6.45) is 9.33. The molecule has 2 N–H and O–H groups in total. The Hall–Kier alpha value is -1.54. The van der Waals surface area contributed by atoms with E-state index in [2.05, 4.69) is 53.4 Å². The van der Waals surface area contributed by atoms with Crippen LogP contribution in [0.4, 0.5) is 0 Å². The predicted octanol–water partition coefficient (Wildman–Crippen LogP) is 3.53. The molecule has 19 heavy (non-hydrogen) atoms. The number of nitrogens with zero attached hydrogens (tertiary/aromatic N) is 1. The Morgan fingerprint density at radius 1 is 1.16 bits per heavy atom. The minimum Gasteiger partial charge on any atom is -0.354 e. The zero-order valence-corrected chi connectivity index (χ0v) is 11.3. The first kappa shape index (κ1) is 12.5. The van der Waals surface area contributed by atoms with Crippen molar-refractivity contribution >= 4 is 0 Å². The van der Waals surface area contributed by atoms with Gasteiger partial charge in [0.2, 0.25) is 0 Å². The summed E-state index contributed by atoms with van der Waals surface area (Å²) in [6, 6.07) is 13.1. The average Bonchev–Trinajstić information content (AvgIpc) is 3.19. The number of hydrogen-bond acceptors (Lipinski definition) is 1. The standard InChI is InChI=1S/C17H22N2/c18-17(15-8-9-15)16-10-12-19(13-16)11-4-7-14-5-2-1-3-6-14/h1-3,5-6,10,12-13,15,17H,4,7-9,11,18H2. The van der Waals surface area contributed by atoms with Gasteiger partial charge in [-0.2, -0.15) is 0 Å². The summed E-state index contributed by atoms with van der Waals surface area (Å²) in [4.78, 5) is 0. The number of hydrogen-bond donors (Lipinski definition) is 1. The van der Waals surface area contributed by atoms with Crippen LogP contribution in [-0.2, 0) is 13.0 Å². The smallest absolute Gasteiger partial charge is 0.0338 e. The Morgan fingerprint density at radius 3 is 2.68 bits per heavy atom. The highest BCUT2D eigenvalue weighted by Crippen LogP contribution is 2.39. The second-order valence-electron chi connectivity index (χ2n) is 5.64. The van der Waals surface area contributed by atoms with Crippen LogP contribution in [0.5, 0.6) is 0 Å². The minimum absolute atomic E-state index is 0.260. The van der Waals surface area contributed by atoms with Gasteiger partial charge in [0.1, 0.15) is 0 Å². The fourth-order valence-corrected chi connectivity index (χ4v) is 2.63. The van der Waals surface area contributed by atoms with Crippen LogP contribution in [-0.4, -0.2) is 4.57 Å². The predicted molar refractivity (Wildman–Crippen MR) is 78.8 cm³/mol. The second-order valence-corrected chi connectivity index (χ2v) is 5.64. The van der Waals surface area contributed by atoms with Crippen LogP contribution in [0.1, 0.15) is 36.4 Å². The van der Waals surface area contributed by atoms with Gasteiger partial charge in [0, 0.05) is 25.0 Å². The highest BCUT2D eigenvalue weighted by Gasteiger charge is 2.29. The fourth-order valence-electron chi connectivity index (χ4n) is 2.63. The van der Waals surface area contributed by atoms with E-state index in [-0.39, 0.29) is 6.04 Å². The summed E-state index contributed by atoms with van der Waals surface area (Å²) in [5, 5.41) is 0. The van der Waals surface area contributed by atoms with E-state index < -0.39 is 0 Å². The van der Waals surface area contributed by atoms with Crippen molar-refractivity contribution in [1.82, 2.24) is 4.57 Å². The van der Waals surface area contributed by atoms with E-state index in [0.29, 0.717) is 0 Å². The van der Waals surface area contributed by atoms with Gasteiger partial charge >= 0.3 is 0 Å². The summed E-state index contributed by atoms with van der Waals surface area (Å²) in [6.45, 7) is 1.08.